The van der Waals surface area contributed by atoms with E-state index in [0.717, 1.165) is 24.2 Å². The summed E-state index contributed by atoms with van der Waals surface area (Å²) in [6.45, 7) is 0. The van der Waals surface area contributed by atoms with E-state index in [4.69, 9.17) is 0 Å². The summed E-state index contributed by atoms with van der Waals surface area (Å²) in [5, 5.41) is 3.44. The summed E-state index contributed by atoms with van der Waals surface area (Å²) in [6, 6.07) is 0.379. The van der Waals surface area contributed by atoms with Crippen molar-refractivity contribution < 1.29 is 4.79 Å². The number of carbonyl (C=O) groups is 1. The van der Waals surface area contributed by atoms with Crippen LogP contribution in [0.1, 0.15) is 64.2 Å². The molecule has 0 aliphatic heterocycles. The maximum atomic E-state index is 13.0. The number of hydrogen-bond acceptors (Lipinski definition) is 1. The van der Waals surface area contributed by atoms with Crippen LogP contribution in [-0.2, 0) is 4.79 Å². The van der Waals surface area contributed by atoms with E-state index in [1.54, 1.807) is 0 Å². The molecule has 3 heteroatoms. The van der Waals surface area contributed by atoms with Crippen LogP contribution in [0.5, 0.6) is 0 Å². The van der Waals surface area contributed by atoms with Gasteiger partial charge in [0, 0.05) is 16.3 Å². The molecule has 0 aromatic rings. The molecule has 0 spiro atoms. The van der Waals surface area contributed by atoms with Gasteiger partial charge in [0.2, 0.25) is 5.91 Å². The Kier molecular flexibility index (Phi) is 3.40. The van der Waals surface area contributed by atoms with E-state index in [-0.39, 0.29) is 5.41 Å². The highest BCUT2D eigenvalue weighted by molar-refractivity contribution is 9.09. The van der Waals surface area contributed by atoms with Gasteiger partial charge in [-0.25, -0.2) is 0 Å². The molecule has 5 aliphatic carbocycles. The summed E-state index contributed by atoms with van der Waals surface area (Å²) < 4.78 is 0. The third-order valence-electron chi connectivity index (χ3n) is 6.52. The maximum absolute atomic E-state index is 13.0. The summed E-state index contributed by atoms with van der Waals surface area (Å²) in [6.07, 6.45) is 12.7. The second-order valence-electron chi connectivity index (χ2n) is 8.08. The van der Waals surface area contributed by atoms with Crippen molar-refractivity contribution in [3.8, 4) is 0 Å². The van der Waals surface area contributed by atoms with E-state index in [0.29, 0.717) is 16.8 Å². The molecule has 2 unspecified atom stereocenters. The molecule has 4 bridgehead atoms. The predicted molar refractivity (Wildman–Crippen MR) is 83.7 cm³/mol. The molecule has 2 atom stereocenters. The summed E-state index contributed by atoms with van der Waals surface area (Å²) in [5.74, 6) is 2.99. The molecule has 20 heavy (non-hydrogen) atoms. The highest BCUT2D eigenvalue weighted by Gasteiger charge is 2.54. The number of halogens is 1. The first-order valence-electron chi connectivity index (χ1n) is 8.60. The van der Waals surface area contributed by atoms with Crippen molar-refractivity contribution in [2.75, 3.05) is 0 Å². The van der Waals surface area contributed by atoms with Gasteiger partial charge in [-0.15, -0.1) is 0 Å². The quantitative estimate of drug-likeness (QED) is 0.756. The molecular weight excluding hydrogens is 314 g/mol. The summed E-state index contributed by atoms with van der Waals surface area (Å²) >= 11 is 3.78. The van der Waals surface area contributed by atoms with E-state index in [1.807, 2.05) is 0 Å². The molecule has 1 amide bonds. The van der Waals surface area contributed by atoms with Crippen LogP contribution >= 0.6 is 15.9 Å². The third-order valence-corrected chi connectivity index (χ3v) is 7.61. The number of carbonyl (C=O) groups excluding carboxylic acids is 1. The van der Waals surface area contributed by atoms with Crippen molar-refractivity contribution in [1.29, 1.82) is 0 Å². The van der Waals surface area contributed by atoms with Crippen LogP contribution in [0.25, 0.3) is 0 Å². The second kappa shape index (κ2) is 5.00. The van der Waals surface area contributed by atoms with Gasteiger partial charge in [-0.2, -0.15) is 0 Å². The summed E-state index contributed by atoms with van der Waals surface area (Å²) in [4.78, 5) is 13.5. The van der Waals surface area contributed by atoms with Gasteiger partial charge in [0.1, 0.15) is 0 Å². The third kappa shape index (κ3) is 2.24. The van der Waals surface area contributed by atoms with Crippen molar-refractivity contribution in [3.63, 3.8) is 0 Å². The molecule has 5 rings (SSSR count). The zero-order chi connectivity index (χ0) is 13.7. The topological polar surface area (TPSA) is 29.1 Å². The minimum Gasteiger partial charge on any atom is -0.352 e. The Labute approximate surface area is 130 Å². The molecular formula is C17H26BrNO. The van der Waals surface area contributed by atoms with Crippen LogP contribution in [0.4, 0.5) is 0 Å². The number of alkyl halides is 1. The molecule has 5 aliphatic rings. The zero-order valence-electron chi connectivity index (χ0n) is 12.2. The fourth-order valence-electron chi connectivity index (χ4n) is 5.96. The van der Waals surface area contributed by atoms with Crippen LogP contribution in [0.2, 0.25) is 0 Å². The lowest BCUT2D eigenvalue weighted by molar-refractivity contribution is -0.147. The van der Waals surface area contributed by atoms with Crippen LogP contribution in [0.3, 0.4) is 0 Å². The molecule has 1 N–H and O–H groups in total. The summed E-state index contributed by atoms with van der Waals surface area (Å²) in [5.41, 5.74) is 0.0267. The van der Waals surface area contributed by atoms with Gasteiger partial charge >= 0.3 is 0 Å². The van der Waals surface area contributed by atoms with Crippen LogP contribution in [-0.4, -0.2) is 16.8 Å². The van der Waals surface area contributed by atoms with Gasteiger partial charge < -0.3 is 5.32 Å². The van der Waals surface area contributed by atoms with E-state index in [1.165, 1.54) is 57.8 Å². The lowest BCUT2D eigenvalue weighted by atomic mass is 9.49. The van der Waals surface area contributed by atoms with Gasteiger partial charge in [-0.1, -0.05) is 28.8 Å². The molecule has 2 nitrogen and oxygen atoms in total. The Morgan fingerprint density at radius 1 is 0.950 bits per heavy atom. The van der Waals surface area contributed by atoms with Crippen molar-refractivity contribution >= 4 is 21.8 Å². The monoisotopic (exact) mass is 339 g/mol. The molecule has 0 saturated heterocycles. The SMILES string of the molecule is O=C(NC1CCCCC1Br)C12CC3CC(CC(C3)C1)C2. The number of amides is 1. The first-order chi connectivity index (χ1) is 9.64. The Bertz CT molecular complexity index is 373. The lowest BCUT2D eigenvalue weighted by Gasteiger charge is -2.56. The minimum absolute atomic E-state index is 0.0267. The van der Waals surface area contributed by atoms with Crippen LogP contribution in [0.15, 0.2) is 0 Å². The molecule has 0 radical (unpaired) electrons. The van der Waals surface area contributed by atoms with Gasteiger partial charge in [0.15, 0.2) is 0 Å². The van der Waals surface area contributed by atoms with Gasteiger partial charge in [0.05, 0.1) is 0 Å². The Morgan fingerprint density at radius 3 is 2.05 bits per heavy atom. The molecule has 0 aromatic heterocycles. The lowest BCUT2D eigenvalue weighted by Crippen LogP contribution is -2.56. The first-order valence-corrected chi connectivity index (χ1v) is 9.51. The molecule has 0 aromatic carbocycles. The number of nitrogens with one attached hydrogen (secondary N) is 1. The highest BCUT2D eigenvalue weighted by atomic mass is 79.9. The van der Waals surface area contributed by atoms with Crippen molar-refractivity contribution in [2.24, 2.45) is 23.2 Å². The average molecular weight is 340 g/mol. The Balaban J connectivity index is 1.48. The Morgan fingerprint density at radius 2 is 1.50 bits per heavy atom. The van der Waals surface area contributed by atoms with Crippen molar-refractivity contribution in [2.45, 2.75) is 75.1 Å². The average Bonchev–Trinajstić information content (AvgIpc) is 2.40. The van der Waals surface area contributed by atoms with Crippen LogP contribution in [0, 0.1) is 23.2 Å². The zero-order valence-corrected chi connectivity index (χ0v) is 13.8. The first kappa shape index (κ1) is 13.6. The van der Waals surface area contributed by atoms with Gasteiger partial charge in [-0.05, 0) is 69.1 Å². The van der Waals surface area contributed by atoms with Crippen molar-refractivity contribution in [1.82, 2.24) is 5.32 Å². The molecule has 5 saturated carbocycles. The number of rotatable bonds is 2. The number of hydrogen-bond donors (Lipinski definition) is 1. The fraction of sp³-hybridized carbons (Fsp3) is 0.941. The fourth-order valence-corrected chi connectivity index (χ4v) is 6.68. The molecule has 5 fully saturated rings. The van der Waals surface area contributed by atoms with Gasteiger partial charge in [0.25, 0.3) is 0 Å². The standard InChI is InChI=1S/C17H26BrNO/c18-14-3-1-2-4-15(14)19-16(20)17-8-11-5-12(9-17)7-13(6-11)10-17/h11-15H,1-10H2,(H,19,20). The van der Waals surface area contributed by atoms with E-state index < -0.39 is 0 Å². The molecule has 112 valence electrons. The Hall–Kier alpha value is -0.0500. The van der Waals surface area contributed by atoms with E-state index in [9.17, 15) is 4.79 Å². The predicted octanol–water partition coefficient (Wildman–Crippen LogP) is 4.03. The molecule has 0 heterocycles. The highest BCUT2D eigenvalue weighted by Crippen LogP contribution is 2.60. The summed E-state index contributed by atoms with van der Waals surface area (Å²) in [7, 11) is 0. The smallest absolute Gasteiger partial charge is 0.226 e. The van der Waals surface area contributed by atoms with E-state index in [2.05, 4.69) is 21.2 Å². The normalized spacial score (nSPS) is 50.1. The largest absolute Gasteiger partial charge is 0.352 e. The maximum Gasteiger partial charge on any atom is 0.226 e. The van der Waals surface area contributed by atoms with Gasteiger partial charge in [-0.3, -0.25) is 4.79 Å². The second-order valence-corrected chi connectivity index (χ2v) is 9.25. The van der Waals surface area contributed by atoms with Crippen molar-refractivity contribution in [3.05, 3.63) is 0 Å². The minimum atomic E-state index is 0.0267. The van der Waals surface area contributed by atoms with Crippen LogP contribution < -0.4 is 5.32 Å². The van der Waals surface area contributed by atoms with E-state index >= 15 is 0 Å².